The van der Waals surface area contributed by atoms with Gasteiger partial charge >= 0.3 is 0 Å². The van der Waals surface area contributed by atoms with Crippen molar-refractivity contribution in [2.75, 3.05) is 19.8 Å². The van der Waals surface area contributed by atoms with E-state index in [0.29, 0.717) is 36.8 Å². The van der Waals surface area contributed by atoms with Gasteiger partial charge in [-0.05, 0) is 36.0 Å². The van der Waals surface area contributed by atoms with Gasteiger partial charge in [0.25, 0.3) is 11.8 Å². The van der Waals surface area contributed by atoms with Gasteiger partial charge < -0.3 is 9.84 Å². The lowest BCUT2D eigenvalue weighted by molar-refractivity contribution is -0.137. The van der Waals surface area contributed by atoms with Crippen molar-refractivity contribution in [1.82, 2.24) is 4.90 Å². The highest BCUT2D eigenvalue weighted by molar-refractivity contribution is 6.33. The van der Waals surface area contributed by atoms with Gasteiger partial charge in [-0.25, -0.2) is 0 Å². The summed E-state index contributed by atoms with van der Waals surface area (Å²) in [5.41, 5.74) is 1.81. The Morgan fingerprint density at radius 3 is 2.73 bits per heavy atom. The van der Waals surface area contributed by atoms with Crippen LogP contribution in [-0.2, 0) is 20.9 Å². The molecule has 116 valence electrons. The summed E-state index contributed by atoms with van der Waals surface area (Å²) in [7, 11) is 0. The van der Waals surface area contributed by atoms with Gasteiger partial charge in [0, 0.05) is 25.8 Å². The smallest absolute Gasteiger partial charge is 0.261 e. The van der Waals surface area contributed by atoms with Gasteiger partial charge in [-0.3, -0.25) is 14.5 Å². The monoisotopic (exact) mass is 301 g/mol. The highest BCUT2D eigenvalue weighted by Crippen LogP contribution is 2.26. The number of aliphatic hydroxyl groups excluding tert-OH is 1. The second-order valence-electron chi connectivity index (χ2n) is 5.73. The summed E-state index contributed by atoms with van der Waals surface area (Å²) < 4.78 is 5.31. The van der Waals surface area contributed by atoms with Crippen molar-refractivity contribution in [2.45, 2.75) is 19.4 Å². The third kappa shape index (κ3) is 2.96. The summed E-state index contributed by atoms with van der Waals surface area (Å²) in [6, 6.07) is 7.09. The van der Waals surface area contributed by atoms with Crippen LogP contribution in [0.3, 0.4) is 0 Å². The van der Waals surface area contributed by atoms with Gasteiger partial charge in [0.05, 0.1) is 12.2 Å². The molecule has 0 aromatic heterocycles. The molecule has 5 heteroatoms. The fourth-order valence-electron chi connectivity index (χ4n) is 2.91. The molecule has 0 spiro atoms. The zero-order valence-corrected chi connectivity index (χ0v) is 12.3. The molecule has 5 nitrogen and oxygen atoms in total. The standard InChI is InChI=1S/C17H19NO4/c19-11-13-2-1-3-14(8-13)15-9-16(20)18(17(15)21)10-12-4-6-22-7-5-12/h1-3,8-9,12,19H,4-7,10-11H2. The van der Waals surface area contributed by atoms with E-state index in [1.807, 2.05) is 0 Å². The molecule has 2 aliphatic rings. The summed E-state index contributed by atoms with van der Waals surface area (Å²) in [5, 5.41) is 9.20. The first-order valence-corrected chi connectivity index (χ1v) is 7.54. The van der Waals surface area contributed by atoms with E-state index >= 15 is 0 Å². The Labute approximate surface area is 129 Å². The molecule has 0 aliphatic carbocycles. The number of benzene rings is 1. The van der Waals surface area contributed by atoms with Gasteiger partial charge in [0.2, 0.25) is 0 Å². The molecule has 0 bridgehead atoms. The number of hydrogen-bond donors (Lipinski definition) is 1. The van der Waals surface area contributed by atoms with Crippen LogP contribution in [-0.4, -0.2) is 41.6 Å². The van der Waals surface area contributed by atoms with E-state index in [1.165, 1.54) is 11.0 Å². The lowest BCUT2D eigenvalue weighted by Gasteiger charge is -2.26. The Kier molecular flexibility index (Phi) is 4.36. The Hall–Kier alpha value is -1.98. The predicted molar refractivity (Wildman–Crippen MR) is 80.6 cm³/mol. The maximum atomic E-state index is 12.5. The lowest BCUT2D eigenvalue weighted by atomic mass is 9.99. The topological polar surface area (TPSA) is 66.8 Å². The largest absolute Gasteiger partial charge is 0.392 e. The second-order valence-corrected chi connectivity index (χ2v) is 5.73. The average Bonchev–Trinajstić information content (AvgIpc) is 2.84. The summed E-state index contributed by atoms with van der Waals surface area (Å²) in [6.45, 7) is 1.76. The Bertz CT molecular complexity index is 617. The summed E-state index contributed by atoms with van der Waals surface area (Å²) >= 11 is 0. The molecule has 2 heterocycles. The second kappa shape index (κ2) is 6.42. The molecule has 0 atom stereocenters. The average molecular weight is 301 g/mol. The summed E-state index contributed by atoms with van der Waals surface area (Å²) in [6.07, 6.45) is 3.16. The molecular formula is C17H19NO4. The summed E-state index contributed by atoms with van der Waals surface area (Å²) in [5.74, 6) is -0.175. The number of carbonyl (C=O) groups excluding carboxylic acids is 2. The number of amides is 2. The highest BCUT2D eigenvalue weighted by Gasteiger charge is 2.33. The van der Waals surface area contributed by atoms with Crippen LogP contribution < -0.4 is 0 Å². The van der Waals surface area contributed by atoms with E-state index in [-0.39, 0.29) is 18.4 Å². The van der Waals surface area contributed by atoms with Crippen molar-refractivity contribution in [3.63, 3.8) is 0 Å². The highest BCUT2D eigenvalue weighted by atomic mass is 16.5. The molecular weight excluding hydrogens is 282 g/mol. The van der Waals surface area contributed by atoms with Crippen LogP contribution in [0.1, 0.15) is 24.0 Å². The number of hydrogen-bond acceptors (Lipinski definition) is 4. The van der Waals surface area contributed by atoms with Gasteiger partial charge in [0.15, 0.2) is 0 Å². The van der Waals surface area contributed by atoms with Gasteiger partial charge in [0.1, 0.15) is 0 Å². The van der Waals surface area contributed by atoms with Crippen LogP contribution in [0.2, 0.25) is 0 Å². The molecule has 1 N–H and O–H groups in total. The number of ether oxygens (including phenoxy) is 1. The number of rotatable bonds is 4. The fourth-order valence-corrected chi connectivity index (χ4v) is 2.91. The summed E-state index contributed by atoms with van der Waals surface area (Å²) in [4.78, 5) is 26.0. The molecule has 2 amide bonds. The fraction of sp³-hybridized carbons (Fsp3) is 0.412. The Morgan fingerprint density at radius 2 is 2.00 bits per heavy atom. The minimum atomic E-state index is -0.249. The van der Waals surface area contributed by atoms with Gasteiger partial charge in [-0.1, -0.05) is 18.2 Å². The maximum Gasteiger partial charge on any atom is 0.261 e. The first-order valence-electron chi connectivity index (χ1n) is 7.54. The molecule has 2 aliphatic heterocycles. The van der Waals surface area contributed by atoms with Crippen LogP contribution in [0.15, 0.2) is 30.3 Å². The third-order valence-electron chi connectivity index (χ3n) is 4.21. The van der Waals surface area contributed by atoms with Gasteiger partial charge in [-0.2, -0.15) is 0 Å². The molecule has 1 aromatic rings. The maximum absolute atomic E-state index is 12.5. The van der Waals surface area contributed by atoms with Crippen LogP contribution in [0, 0.1) is 5.92 Å². The lowest BCUT2D eigenvalue weighted by Crippen LogP contribution is -2.37. The van der Waals surface area contributed by atoms with Crippen LogP contribution in [0.4, 0.5) is 0 Å². The zero-order valence-electron chi connectivity index (χ0n) is 12.3. The Morgan fingerprint density at radius 1 is 1.23 bits per heavy atom. The van der Waals surface area contributed by atoms with Crippen molar-refractivity contribution in [3.8, 4) is 0 Å². The van der Waals surface area contributed by atoms with Crippen molar-refractivity contribution in [1.29, 1.82) is 0 Å². The van der Waals surface area contributed by atoms with Gasteiger partial charge in [-0.15, -0.1) is 0 Å². The number of nitrogens with zero attached hydrogens (tertiary/aromatic N) is 1. The van der Waals surface area contributed by atoms with E-state index in [1.54, 1.807) is 24.3 Å². The van der Waals surface area contributed by atoms with Crippen LogP contribution in [0.5, 0.6) is 0 Å². The van der Waals surface area contributed by atoms with Crippen molar-refractivity contribution >= 4 is 17.4 Å². The van der Waals surface area contributed by atoms with Crippen LogP contribution >= 0.6 is 0 Å². The van der Waals surface area contributed by atoms with E-state index in [9.17, 15) is 14.7 Å². The van der Waals surface area contributed by atoms with Crippen molar-refractivity contribution in [3.05, 3.63) is 41.5 Å². The third-order valence-corrected chi connectivity index (χ3v) is 4.21. The molecule has 0 radical (unpaired) electrons. The van der Waals surface area contributed by atoms with E-state index in [2.05, 4.69) is 0 Å². The molecule has 0 unspecified atom stereocenters. The number of carbonyl (C=O) groups is 2. The molecule has 22 heavy (non-hydrogen) atoms. The minimum absolute atomic E-state index is 0.0882. The zero-order chi connectivity index (χ0) is 15.5. The molecule has 1 fully saturated rings. The SMILES string of the molecule is O=C1C=C(c2cccc(CO)c2)C(=O)N1CC1CCOCC1. The van der Waals surface area contributed by atoms with Crippen LogP contribution in [0.25, 0.3) is 5.57 Å². The van der Waals surface area contributed by atoms with Crippen molar-refractivity contribution < 1.29 is 19.4 Å². The molecule has 1 saturated heterocycles. The molecule has 1 aromatic carbocycles. The number of imide groups is 1. The van der Waals surface area contributed by atoms with E-state index < -0.39 is 0 Å². The van der Waals surface area contributed by atoms with Crippen molar-refractivity contribution in [2.24, 2.45) is 5.92 Å². The van der Waals surface area contributed by atoms with E-state index in [4.69, 9.17) is 4.74 Å². The molecule has 0 saturated carbocycles. The molecule has 3 rings (SSSR count). The first-order chi connectivity index (χ1) is 10.7. The first kappa shape index (κ1) is 14.9. The predicted octanol–water partition coefficient (Wildman–Crippen LogP) is 1.36. The van der Waals surface area contributed by atoms with E-state index in [0.717, 1.165) is 18.4 Å². The number of aliphatic hydroxyl groups is 1. The quantitative estimate of drug-likeness (QED) is 0.853. The normalized spacial score (nSPS) is 19.7. The Balaban J connectivity index is 1.76. The minimum Gasteiger partial charge on any atom is -0.392 e.